The van der Waals surface area contributed by atoms with Gasteiger partial charge in [-0.1, -0.05) is 60.5 Å². The summed E-state index contributed by atoms with van der Waals surface area (Å²) in [6.07, 6.45) is 2.06. The molecule has 7 heteroatoms. The number of carbonyl (C=O) groups is 4. The lowest BCUT2D eigenvalue weighted by atomic mass is 9.76. The van der Waals surface area contributed by atoms with E-state index in [1.54, 1.807) is 42.5 Å². The van der Waals surface area contributed by atoms with Crippen molar-refractivity contribution in [3.63, 3.8) is 0 Å². The quantitative estimate of drug-likeness (QED) is 0.500. The number of halogens is 1. The summed E-state index contributed by atoms with van der Waals surface area (Å²) in [7, 11) is 0. The summed E-state index contributed by atoms with van der Waals surface area (Å²) in [5, 5.41) is 2.08. The van der Waals surface area contributed by atoms with Gasteiger partial charge in [-0.3, -0.25) is 19.2 Å². The van der Waals surface area contributed by atoms with E-state index in [1.165, 1.54) is 6.07 Å². The van der Waals surface area contributed by atoms with Crippen molar-refractivity contribution in [1.82, 2.24) is 10.0 Å². The Morgan fingerprint density at radius 3 is 2.34 bits per heavy atom. The fourth-order valence-electron chi connectivity index (χ4n) is 4.58. The van der Waals surface area contributed by atoms with Crippen LogP contribution in [-0.4, -0.2) is 40.1 Å². The lowest BCUT2D eigenvalue weighted by Crippen LogP contribution is -2.52. The summed E-state index contributed by atoms with van der Waals surface area (Å²) in [4.78, 5) is 53.1. The number of imide groups is 1. The highest BCUT2D eigenvalue weighted by Gasteiger charge is 2.52. The number of amides is 3. The van der Waals surface area contributed by atoms with Crippen molar-refractivity contribution < 1.29 is 19.2 Å². The van der Waals surface area contributed by atoms with Crippen molar-refractivity contribution in [2.24, 2.45) is 17.8 Å². The first-order chi connectivity index (χ1) is 15.3. The molecular weight excluding hydrogens is 428 g/mol. The average Bonchev–Trinajstić information content (AvgIpc) is 3.01. The van der Waals surface area contributed by atoms with Crippen molar-refractivity contribution in [3.05, 3.63) is 70.2 Å². The third kappa shape index (κ3) is 4.07. The second-order valence-corrected chi connectivity index (χ2v) is 9.16. The van der Waals surface area contributed by atoms with Crippen LogP contribution in [0.1, 0.15) is 52.5 Å². The van der Waals surface area contributed by atoms with Crippen LogP contribution in [0.25, 0.3) is 0 Å². The maximum Gasteiger partial charge on any atom is 0.274 e. The molecule has 1 saturated carbocycles. The van der Waals surface area contributed by atoms with Gasteiger partial charge in [-0.05, 0) is 44.2 Å². The van der Waals surface area contributed by atoms with Crippen LogP contribution < -0.4 is 0 Å². The summed E-state index contributed by atoms with van der Waals surface area (Å²) >= 11 is 6.23. The lowest BCUT2D eigenvalue weighted by molar-refractivity contribution is -0.154. The molecule has 2 aromatic rings. The molecule has 166 valence electrons. The highest BCUT2D eigenvalue weighted by molar-refractivity contribution is 6.34. The molecule has 0 spiro atoms. The van der Waals surface area contributed by atoms with Crippen LogP contribution in [0.5, 0.6) is 0 Å². The molecular formula is C25H25ClN2O4. The number of benzene rings is 2. The maximum atomic E-state index is 13.5. The largest absolute Gasteiger partial charge is 0.292 e. The number of carbonyl (C=O) groups excluding carboxylic acids is 4. The Morgan fingerprint density at radius 2 is 1.66 bits per heavy atom. The number of hydrogen-bond donors (Lipinski definition) is 0. The van der Waals surface area contributed by atoms with Gasteiger partial charge in [0.1, 0.15) is 6.54 Å². The summed E-state index contributed by atoms with van der Waals surface area (Å²) in [5.41, 5.74) is 1.53. The van der Waals surface area contributed by atoms with Gasteiger partial charge >= 0.3 is 0 Å². The number of hydrogen-bond acceptors (Lipinski definition) is 4. The third-order valence-corrected chi connectivity index (χ3v) is 6.74. The third-order valence-electron chi connectivity index (χ3n) is 6.41. The summed E-state index contributed by atoms with van der Waals surface area (Å²) in [5.74, 6) is -2.42. The molecule has 4 rings (SSSR count). The number of hydrazine groups is 1. The minimum absolute atomic E-state index is 0.134. The van der Waals surface area contributed by atoms with Crippen molar-refractivity contribution in [1.29, 1.82) is 0 Å². The number of fused-ring (bicyclic) bond motifs is 1. The van der Waals surface area contributed by atoms with E-state index in [1.807, 2.05) is 6.92 Å². The molecule has 6 nitrogen and oxygen atoms in total. The summed E-state index contributed by atoms with van der Waals surface area (Å²) in [6, 6.07) is 13.4. The molecule has 0 bridgehead atoms. The highest BCUT2D eigenvalue weighted by atomic mass is 35.5. The predicted molar refractivity (Wildman–Crippen MR) is 120 cm³/mol. The molecule has 2 aromatic carbocycles. The fourth-order valence-corrected chi connectivity index (χ4v) is 4.80. The zero-order chi connectivity index (χ0) is 23.0. The molecule has 0 aromatic heterocycles. The molecule has 0 unspecified atom stereocenters. The Bertz CT molecular complexity index is 1080. The van der Waals surface area contributed by atoms with Crippen LogP contribution >= 0.6 is 11.6 Å². The summed E-state index contributed by atoms with van der Waals surface area (Å²) < 4.78 is 0. The van der Waals surface area contributed by atoms with Crippen molar-refractivity contribution >= 4 is 35.1 Å². The van der Waals surface area contributed by atoms with Crippen LogP contribution in [0, 0.1) is 24.7 Å². The number of nitrogens with zero attached hydrogens (tertiary/aromatic N) is 2. The predicted octanol–water partition coefficient (Wildman–Crippen LogP) is 4.31. The first-order valence-corrected chi connectivity index (χ1v) is 11.2. The van der Waals surface area contributed by atoms with Crippen LogP contribution in [0.3, 0.4) is 0 Å². The molecule has 3 amide bonds. The normalized spacial score (nSPS) is 22.6. The van der Waals surface area contributed by atoms with Gasteiger partial charge in [0.2, 0.25) is 0 Å². The first kappa shape index (κ1) is 22.2. The Labute approximate surface area is 192 Å². The minimum Gasteiger partial charge on any atom is -0.292 e. The molecule has 1 aliphatic carbocycles. The minimum atomic E-state index is -0.649. The molecule has 32 heavy (non-hydrogen) atoms. The topological polar surface area (TPSA) is 74.8 Å². The van der Waals surface area contributed by atoms with Crippen molar-refractivity contribution in [2.75, 3.05) is 6.54 Å². The molecule has 2 aliphatic rings. The van der Waals surface area contributed by atoms with E-state index in [0.29, 0.717) is 24.3 Å². The molecule has 1 aliphatic heterocycles. The number of rotatable bonds is 5. The Hall–Kier alpha value is -2.99. The van der Waals surface area contributed by atoms with E-state index in [-0.39, 0.29) is 16.4 Å². The van der Waals surface area contributed by atoms with Gasteiger partial charge < -0.3 is 0 Å². The molecule has 0 N–H and O–H groups in total. The molecule has 3 atom stereocenters. The number of Topliss-reactive ketones (excluding diaryl/α,β-unsaturated/α-hetero) is 1. The van der Waals surface area contributed by atoms with Gasteiger partial charge in [0.05, 0.1) is 22.4 Å². The number of aryl methyl sites for hydroxylation is 1. The van der Waals surface area contributed by atoms with E-state index < -0.39 is 36.1 Å². The smallest absolute Gasteiger partial charge is 0.274 e. The van der Waals surface area contributed by atoms with E-state index in [0.717, 1.165) is 22.0 Å². The Balaban J connectivity index is 1.70. The van der Waals surface area contributed by atoms with Crippen molar-refractivity contribution in [2.45, 2.75) is 33.1 Å². The lowest BCUT2D eigenvalue weighted by Gasteiger charge is -2.30. The van der Waals surface area contributed by atoms with Gasteiger partial charge in [-0.25, -0.2) is 5.01 Å². The van der Waals surface area contributed by atoms with Crippen LogP contribution in [0.4, 0.5) is 0 Å². The zero-order valence-electron chi connectivity index (χ0n) is 18.1. The van der Waals surface area contributed by atoms with Crippen LogP contribution in [0.2, 0.25) is 5.02 Å². The standard InChI is InChI=1S/C25H25ClN2O4/c1-15-7-10-17(11-8-15)22(29)14-27(23(30)19-5-3-4-6-21(19)26)28-24(31)18-12-9-16(2)13-20(18)25(28)32/h3-8,10-11,16,18,20H,9,12-14H2,1-2H3/t16-,18+,20-/m0/s1. The molecule has 1 heterocycles. The van der Waals surface area contributed by atoms with E-state index in [4.69, 9.17) is 11.6 Å². The van der Waals surface area contributed by atoms with Gasteiger partial charge in [-0.15, -0.1) is 0 Å². The zero-order valence-corrected chi connectivity index (χ0v) is 18.8. The maximum absolute atomic E-state index is 13.5. The second kappa shape index (κ2) is 8.87. The van der Waals surface area contributed by atoms with Gasteiger partial charge in [-0.2, -0.15) is 5.01 Å². The van der Waals surface area contributed by atoms with Gasteiger partial charge in [0.15, 0.2) is 5.78 Å². The summed E-state index contributed by atoms with van der Waals surface area (Å²) in [6.45, 7) is 3.54. The second-order valence-electron chi connectivity index (χ2n) is 8.75. The monoisotopic (exact) mass is 452 g/mol. The highest BCUT2D eigenvalue weighted by Crippen LogP contribution is 2.41. The van der Waals surface area contributed by atoms with Gasteiger partial charge in [0.25, 0.3) is 17.7 Å². The Morgan fingerprint density at radius 1 is 1.00 bits per heavy atom. The fraction of sp³-hybridized carbons (Fsp3) is 0.360. The van der Waals surface area contributed by atoms with Crippen LogP contribution in [-0.2, 0) is 9.59 Å². The van der Waals surface area contributed by atoms with Crippen LogP contribution in [0.15, 0.2) is 48.5 Å². The first-order valence-electron chi connectivity index (χ1n) is 10.8. The number of ketones is 1. The van der Waals surface area contributed by atoms with Gasteiger partial charge in [0, 0.05) is 5.56 Å². The van der Waals surface area contributed by atoms with Crippen molar-refractivity contribution in [3.8, 4) is 0 Å². The van der Waals surface area contributed by atoms with E-state index in [2.05, 4.69) is 6.92 Å². The van der Waals surface area contributed by atoms with E-state index >= 15 is 0 Å². The molecule has 1 saturated heterocycles. The average molecular weight is 453 g/mol. The molecule has 0 radical (unpaired) electrons. The Kier molecular flexibility index (Phi) is 6.15. The molecule has 2 fully saturated rings. The SMILES string of the molecule is Cc1ccc(C(=O)CN(C(=O)c2ccccc2Cl)N2C(=O)[C@H]3C[C@@H](C)CC[C@H]3C2=O)cc1. The van der Waals surface area contributed by atoms with E-state index in [9.17, 15) is 19.2 Å².